The molecule has 1 heterocycles. The van der Waals surface area contributed by atoms with Crippen molar-refractivity contribution < 1.29 is 18.0 Å². The third-order valence-electron chi connectivity index (χ3n) is 4.94. The second kappa shape index (κ2) is 6.87. The van der Waals surface area contributed by atoms with Crippen LogP contribution in [0.5, 0.6) is 0 Å². The highest BCUT2D eigenvalue weighted by atomic mass is 19.4. The van der Waals surface area contributed by atoms with E-state index in [0.717, 1.165) is 36.6 Å². The Labute approximate surface area is 154 Å². The van der Waals surface area contributed by atoms with E-state index < -0.39 is 23.2 Å². The van der Waals surface area contributed by atoms with Crippen LogP contribution in [0, 0.1) is 5.41 Å². The van der Waals surface area contributed by atoms with Crippen molar-refractivity contribution in [2.75, 3.05) is 0 Å². The maximum Gasteiger partial charge on any atom is 0.416 e. The molecular weight excluding hydrogens is 357 g/mol. The highest BCUT2D eigenvalue weighted by molar-refractivity contribution is 5.94. The Balaban J connectivity index is 1.81. The summed E-state index contributed by atoms with van der Waals surface area (Å²) in [7, 11) is 0. The molecule has 0 radical (unpaired) electrons. The number of aromatic amines is 1. The highest BCUT2D eigenvalue weighted by Gasteiger charge is 2.33. The lowest BCUT2D eigenvalue weighted by atomic mass is 9.76. The van der Waals surface area contributed by atoms with Gasteiger partial charge in [0, 0.05) is 12.2 Å². The van der Waals surface area contributed by atoms with Crippen molar-refractivity contribution in [2.24, 2.45) is 5.41 Å². The lowest BCUT2D eigenvalue weighted by Gasteiger charge is -2.31. The van der Waals surface area contributed by atoms with Gasteiger partial charge in [-0.25, -0.2) is 0 Å². The van der Waals surface area contributed by atoms with Crippen molar-refractivity contribution in [3.8, 4) is 0 Å². The molecule has 0 aliphatic heterocycles. The van der Waals surface area contributed by atoms with Crippen molar-refractivity contribution >= 4 is 5.91 Å². The molecule has 1 aliphatic rings. The molecule has 0 bridgehead atoms. The fourth-order valence-electron chi connectivity index (χ4n) is 3.45. The van der Waals surface area contributed by atoms with Gasteiger partial charge in [-0.3, -0.25) is 9.59 Å². The zero-order valence-electron chi connectivity index (χ0n) is 15.2. The first-order valence-corrected chi connectivity index (χ1v) is 8.75. The van der Waals surface area contributed by atoms with Crippen LogP contribution in [0.1, 0.15) is 53.0 Å². The predicted octanol–water partition coefficient (Wildman–Crippen LogP) is 3.84. The second-order valence-electron chi connectivity index (χ2n) is 7.69. The van der Waals surface area contributed by atoms with E-state index in [0.29, 0.717) is 0 Å². The van der Waals surface area contributed by atoms with E-state index in [-0.39, 0.29) is 23.1 Å². The second-order valence-corrected chi connectivity index (χ2v) is 7.69. The minimum atomic E-state index is -4.50. The van der Waals surface area contributed by atoms with E-state index in [1.54, 1.807) is 6.07 Å². The van der Waals surface area contributed by atoms with Crippen molar-refractivity contribution in [2.45, 2.75) is 45.8 Å². The van der Waals surface area contributed by atoms with E-state index in [2.05, 4.69) is 24.1 Å². The number of carbonyl (C=O) groups is 1. The molecule has 1 amide bonds. The number of amides is 1. The lowest BCUT2D eigenvalue weighted by Crippen LogP contribution is -2.33. The van der Waals surface area contributed by atoms with Crippen LogP contribution in [0.15, 0.2) is 35.1 Å². The van der Waals surface area contributed by atoms with E-state index in [1.165, 1.54) is 18.2 Å². The predicted molar refractivity (Wildman–Crippen MR) is 95.5 cm³/mol. The van der Waals surface area contributed by atoms with Gasteiger partial charge < -0.3 is 10.3 Å². The Morgan fingerprint density at radius 3 is 2.67 bits per heavy atom. The maximum atomic E-state index is 13.1. The number of H-pyrrole nitrogens is 1. The molecule has 1 aliphatic carbocycles. The summed E-state index contributed by atoms with van der Waals surface area (Å²) in [4.78, 5) is 27.4. The molecule has 0 spiro atoms. The van der Waals surface area contributed by atoms with Crippen LogP contribution in [-0.4, -0.2) is 10.9 Å². The van der Waals surface area contributed by atoms with Crippen LogP contribution in [0.25, 0.3) is 0 Å². The summed E-state index contributed by atoms with van der Waals surface area (Å²) in [6.45, 7) is 3.93. The number of fused-ring (bicyclic) bond motifs is 1. The number of benzene rings is 1. The number of carbonyl (C=O) groups excluding carboxylic acids is 1. The number of hydrogen-bond donors (Lipinski definition) is 2. The molecule has 4 nitrogen and oxygen atoms in total. The molecular formula is C20H21F3N2O2. The minimum Gasteiger partial charge on any atom is -0.348 e. The Hall–Kier alpha value is -2.57. The van der Waals surface area contributed by atoms with E-state index in [9.17, 15) is 22.8 Å². The van der Waals surface area contributed by atoms with E-state index in [1.807, 2.05) is 0 Å². The third kappa shape index (κ3) is 4.23. The quantitative estimate of drug-likeness (QED) is 0.853. The molecule has 144 valence electrons. The lowest BCUT2D eigenvalue weighted by molar-refractivity contribution is -0.138. The molecule has 3 rings (SSSR count). The standard InChI is InChI=1S/C20H21F3N2O2/c1-19(2)8-7-16-13(10-19)9-14(18(27)25-16)17(26)24-11-12-5-3-4-6-15(12)20(21,22)23/h3-6,9H,7-8,10-11H2,1-2H3,(H,24,26)(H,25,27). The number of rotatable bonds is 3. The first kappa shape index (κ1) is 19.2. The van der Waals surface area contributed by atoms with Crippen molar-refractivity contribution in [3.05, 3.63) is 68.6 Å². The van der Waals surface area contributed by atoms with Gasteiger partial charge in [0.15, 0.2) is 0 Å². The van der Waals surface area contributed by atoms with Gasteiger partial charge in [-0.05, 0) is 47.9 Å². The van der Waals surface area contributed by atoms with Crippen LogP contribution < -0.4 is 10.9 Å². The third-order valence-corrected chi connectivity index (χ3v) is 4.94. The molecule has 2 aromatic rings. The smallest absolute Gasteiger partial charge is 0.348 e. The largest absolute Gasteiger partial charge is 0.416 e. The normalized spacial score (nSPS) is 15.9. The number of pyridine rings is 1. The van der Waals surface area contributed by atoms with Gasteiger partial charge in [0.25, 0.3) is 11.5 Å². The van der Waals surface area contributed by atoms with Crippen molar-refractivity contribution in [3.63, 3.8) is 0 Å². The number of alkyl halides is 3. The summed E-state index contributed by atoms with van der Waals surface area (Å²) in [6.07, 6.45) is -2.10. The number of aromatic nitrogens is 1. The summed E-state index contributed by atoms with van der Waals surface area (Å²) >= 11 is 0. The first-order chi connectivity index (χ1) is 12.6. The zero-order valence-corrected chi connectivity index (χ0v) is 15.2. The van der Waals surface area contributed by atoms with Gasteiger partial charge in [0.2, 0.25) is 0 Å². The molecule has 0 saturated heterocycles. The van der Waals surface area contributed by atoms with Gasteiger partial charge >= 0.3 is 6.18 Å². The Kier molecular flexibility index (Phi) is 4.88. The molecule has 2 N–H and O–H groups in total. The summed E-state index contributed by atoms with van der Waals surface area (Å²) < 4.78 is 39.2. The van der Waals surface area contributed by atoms with Crippen LogP contribution in [-0.2, 0) is 25.6 Å². The van der Waals surface area contributed by atoms with Crippen LogP contribution in [0.4, 0.5) is 13.2 Å². The SMILES string of the molecule is CC1(C)CCc2[nH]c(=O)c(C(=O)NCc3ccccc3C(F)(F)F)cc2C1. The van der Waals surface area contributed by atoms with Crippen molar-refractivity contribution in [1.82, 2.24) is 10.3 Å². The van der Waals surface area contributed by atoms with Gasteiger partial charge in [-0.2, -0.15) is 13.2 Å². The summed E-state index contributed by atoms with van der Waals surface area (Å²) in [5, 5.41) is 2.44. The van der Waals surface area contributed by atoms with E-state index >= 15 is 0 Å². The Morgan fingerprint density at radius 2 is 1.96 bits per heavy atom. The molecule has 1 aromatic heterocycles. The molecule has 0 atom stereocenters. The summed E-state index contributed by atoms with van der Waals surface area (Å²) in [5.74, 6) is -0.681. The molecule has 27 heavy (non-hydrogen) atoms. The average Bonchev–Trinajstić information content (AvgIpc) is 2.58. The van der Waals surface area contributed by atoms with Crippen LogP contribution in [0.3, 0.4) is 0 Å². The van der Waals surface area contributed by atoms with E-state index in [4.69, 9.17) is 0 Å². The van der Waals surface area contributed by atoms with Crippen LogP contribution in [0.2, 0.25) is 0 Å². The minimum absolute atomic E-state index is 0.0473. The van der Waals surface area contributed by atoms with Gasteiger partial charge in [0.1, 0.15) is 5.56 Å². The van der Waals surface area contributed by atoms with Crippen molar-refractivity contribution in [1.29, 1.82) is 0 Å². The maximum absolute atomic E-state index is 13.1. The van der Waals surface area contributed by atoms with Gasteiger partial charge in [-0.15, -0.1) is 0 Å². The zero-order chi connectivity index (χ0) is 19.8. The summed E-state index contributed by atoms with van der Waals surface area (Å²) in [6, 6.07) is 6.62. The molecule has 0 unspecified atom stereocenters. The average molecular weight is 378 g/mol. The summed E-state index contributed by atoms with van der Waals surface area (Å²) in [5.41, 5.74) is 0.376. The molecule has 0 saturated carbocycles. The molecule has 1 aromatic carbocycles. The fraction of sp³-hybridized carbons (Fsp3) is 0.400. The first-order valence-electron chi connectivity index (χ1n) is 8.75. The Morgan fingerprint density at radius 1 is 1.26 bits per heavy atom. The molecule has 7 heteroatoms. The fourth-order valence-corrected chi connectivity index (χ4v) is 3.45. The highest BCUT2D eigenvalue weighted by Crippen LogP contribution is 2.34. The van der Waals surface area contributed by atoms with Gasteiger partial charge in [0.05, 0.1) is 5.56 Å². The number of halogens is 3. The van der Waals surface area contributed by atoms with Crippen LogP contribution >= 0.6 is 0 Å². The molecule has 0 fully saturated rings. The number of aryl methyl sites for hydroxylation is 1. The number of nitrogens with one attached hydrogen (secondary N) is 2. The monoisotopic (exact) mass is 378 g/mol. The van der Waals surface area contributed by atoms with Gasteiger partial charge in [-0.1, -0.05) is 32.0 Å². The topological polar surface area (TPSA) is 62.0 Å². The number of hydrogen-bond acceptors (Lipinski definition) is 2. The Bertz CT molecular complexity index is 930.